The molecule has 1 aliphatic heterocycles. The molecule has 3 aromatic rings. The number of amides is 1. The Morgan fingerprint density at radius 3 is 2.55 bits per heavy atom. The molecule has 3 atom stereocenters. The van der Waals surface area contributed by atoms with Crippen molar-refractivity contribution in [2.75, 3.05) is 18.5 Å². The maximum Gasteiger partial charge on any atom is 0.416 e. The van der Waals surface area contributed by atoms with Gasteiger partial charge < -0.3 is 14.8 Å². The van der Waals surface area contributed by atoms with E-state index in [1.165, 1.54) is 12.1 Å². The minimum absolute atomic E-state index is 0.0490. The Morgan fingerprint density at radius 2 is 1.84 bits per heavy atom. The van der Waals surface area contributed by atoms with E-state index in [2.05, 4.69) is 19.2 Å². The third-order valence-corrected chi connectivity index (χ3v) is 7.27. The number of hydrogen-bond donors (Lipinski definition) is 1. The van der Waals surface area contributed by atoms with Crippen molar-refractivity contribution >= 4 is 34.8 Å². The Hall–Kier alpha value is -2.74. The smallest absolute Gasteiger partial charge is 0.416 e. The average Bonchev–Trinajstić information content (AvgIpc) is 2.87. The molecule has 1 saturated heterocycles. The third kappa shape index (κ3) is 7.01. The number of halogens is 5. The minimum atomic E-state index is -4.49. The van der Waals surface area contributed by atoms with Gasteiger partial charge in [-0.15, -0.1) is 0 Å². The molecule has 0 aliphatic carbocycles. The summed E-state index contributed by atoms with van der Waals surface area (Å²) >= 11 is 12.5. The molecule has 0 unspecified atom stereocenters. The molecule has 202 valence electrons. The lowest BCUT2D eigenvalue weighted by molar-refractivity contribution is -0.137. The Labute approximate surface area is 230 Å². The molecular weight excluding hydrogens is 538 g/mol. The molecule has 1 aliphatic rings. The Balaban J connectivity index is 1.41. The lowest BCUT2D eigenvalue weighted by Gasteiger charge is -2.39. The van der Waals surface area contributed by atoms with Crippen LogP contribution in [0.25, 0.3) is 0 Å². The fourth-order valence-corrected chi connectivity index (χ4v) is 5.34. The molecule has 38 heavy (non-hydrogen) atoms. The molecule has 1 fully saturated rings. The van der Waals surface area contributed by atoms with E-state index in [1.807, 2.05) is 30.3 Å². The number of hydrogen-bond acceptors (Lipinski definition) is 3. The molecule has 0 bridgehead atoms. The van der Waals surface area contributed by atoms with Crippen molar-refractivity contribution < 1.29 is 27.4 Å². The number of anilines is 1. The fraction of sp³-hybridized carbons (Fsp3) is 0.345. The number of nitrogens with one attached hydrogen (secondary N) is 1. The van der Waals surface area contributed by atoms with Gasteiger partial charge in [-0.05, 0) is 71.8 Å². The lowest BCUT2D eigenvalue weighted by atomic mass is 9.76. The summed E-state index contributed by atoms with van der Waals surface area (Å²) < 4.78 is 50.8. The van der Waals surface area contributed by atoms with Crippen LogP contribution in [0.4, 0.5) is 18.9 Å². The summed E-state index contributed by atoms with van der Waals surface area (Å²) in [7, 11) is 0. The molecular formula is C29H28Cl2F3NO3. The van der Waals surface area contributed by atoms with Gasteiger partial charge >= 0.3 is 6.18 Å². The van der Waals surface area contributed by atoms with E-state index in [9.17, 15) is 18.0 Å². The molecule has 4 rings (SSSR count). The van der Waals surface area contributed by atoms with Crippen LogP contribution in [0.3, 0.4) is 0 Å². The van der Waals surface area contributed by atoms with Crippen LogP contribution in [0.5, 0.6) is 5.75 Å². The van der Waals surface area contributed by atoms with Gasteiger partial charge in [0.15, 0.2) is 6.61 Å². The van der Waals surface area contributed by atoms with Crippen molar-refractivity contribution in [1.82, 2.24) is 0 Å². The van der Waals surface area contributed by atoms with Crippen LogP contribution >= 0.6 is 23.2 Å². The van der Waals surface area contributed by atoms with Gasteiger partial charge in [-0.1, -0.05) is 61.3 Å². The molecule has 3 aromatic carbocycles. The summed E-state index contributed by atoms with van der Waals surface area (Å²) in [6.07, 6.45) is -3.78. The maximum absolute atomic E-state index is 12.9. The topological polar surface area (TPSA) is 47.6 Å². The van der Waals surface area contributed by atoms with Crippen LogP contribution in [-0.2, 0) is 15.7 Å². The Bertz CT molecular complexity index is 1280. The summed E-state index contributed by atoms with van der Waals surface area (Å²) in [5.74, 6) is 0.584. The summed E-state index contributed by atoms with van der Waals surface area (Å²) in [5, 5.41) is 3.67. The zero-order valence-electron chi connectivity index (χ0n) is 20.9. The zero-order chi connectivity index (χ0) is 27.4. The van der Waals surface area contributed by atoms with Gasteiger partial charge in [-0.25, -0.2) is 0 Å². The van der Waals surface area contributed by atoms with Gasteiger partial charge in [0, 0.05) is 21.7 Å². The van der Waals surface area contributed by atoms with E-state index >= 15 is 0 Å². The largest absolute Gasteiger partial charge is 0.484 e. The second-order valence-corrected chi connectivity index (χ2v) is 10.6. The summed E-state index contributed by atoms with van der Waals surface area (Å²) in [4.78, 5) is 12.3. The molecule has 0 spiro atoms. The van der Waals surface area contributed by atoms with Crippen molar-refractivity contribution in [2.45, 2.75) is 38.5 Å². The van der Waals surface area contributed by atoms with E-state index in [-0.39, 0.29) is 30.2 Å². The number of carbonyl (C=O) groups excluding carboxylic acids is 1. The van der Waals surface area contributed by atoms with Gasteiger partial charge in [0.05, 0.1) is 18.3 Å². The van der Waals surface area contributed by atoms with Gasteiger partial charge in [-0.3, -0.25) is 4.79 Å². The number of benzene rings is 3. The van der Waals surface area contributed by atoms with Crippen molar-refractivity contribution in [3.63, 3.8) is 0 Å². The van der Waals surface area contributed by atoms with Crippen LogP contribution in [0.15, 0.2) is 66.7 Å². The number of ether oxygens (including phenoxy) is 2. The van der Waals surface area contributed by atoms with Crippen LogP contribution in [0.2, 0.25) is 10.0 Å². The molecule has 0 aromatic heterocycles. The molecule has 1 heterocycles. The predicted octanol–water partition coefficient (Wildman–Crippen LogP) is 8.55. The first-order chi connectivity index (χ1) is 18.0. The standard InChI is InChI=1S/C29H28Cl2F3NO3/c1-17(2)25-12-19(24-10-9-21(30)14-26(24)31)15-38-28(25)18-5-3-8-23(11-18)37-16-27(36)35-22-7-4-6-20(13-22)29(32,33)34/h3-11,13-14,17,19,25,28H,12,15-16H2,1-2H3,(H,35,36)/t19-,25-,28-/m0/s1. The van der Waals surface area contributed by atoms with Crippen LogP contribution < -0.4 is 10.1 Å². The molecule has 0 saturated carbocycles. The van der Waals surface area contributed by atoms with Crippen molar-refractivity contribution in [3.05, 3.63) is 93.5 Å². The van der Waals surface area contributed by atoms with Crippen LogP contribution in [0, 0.1) is 11.8 Å². The first kappa shape index (κ1) is 28.3. The quantitative estimate of drug-likeness (QED) is 0.312. The Kier molecular flexibility index (Phi) is 8.91. The highest BCUT2D eigenvalue weighted by Gasteiger charge is 2.36. The van der Waals surface area contributed by atoms with Crippen molar-refractivity contribution in [1.29, 1.82) is 0 Å². The first-order valence-corrected chi connectivity index (χ1v) is 13.0. The third-order valence-electron chi connectivity index (χ3n) is 6.71. The molecule has 1 amide bonds. The number of rotatable bonds is 7. The number of alkyl halides is 3. The molecule has 0 radical (unpaired) electrons. The van der Waals surface area contributed by atoms with Crippen molar-refractivity contribution in [3.8, 4) is 5.75 Å². The molecule has 4 nitrogen and oxygen atoms in total. The summed E-state index contributed by atoms with van der Waals surface area (Å²) in [6, 6.07) is 17.4. The van der Waals surface area contributed by atoms with Gasteiger partial charge in [0.2, 0.25) is 0 Å². The van der Waals surface area contributed by atoms with Crippen LogP contribution in [0.1, 0.15) is 49.0 Å². The lowest BCUT2D eigenvalue weighted by Crippen LogP contribution is -2.31. The maximum atomic E-state index is 12.9. The SMILES string of the molecule is CC(C)[C@@H]1C[C@H](c2ccc(Cl)cc2Cl)CO[C@H]1c1cccc(OCC(=O)Nc2cccc(C(F)(F)F)c2)c1. The van der Waals surface area contributed by atoms with Gasteiger partial charge in [-0.2, -0.15) is 13.2 Å². The predicted molar refractivity (Wildman–Crippen MR) is 143 cm³/mol. The Morgan fingerprint density at radius 1 is 1.08 bits per heavy atom. The van der Waals surface area contributed by atoms with Gasteiger partial charge in [0.1, 0.15) is 5.75 Å². The second-order valence-electron chi connectivity index (χ2n) is 9.75. The highest BCUT2D eigenvalue weighted by Crippen LogP contribution is 2.45. The fourth-order valence-electron chi connectivity index (χ4n) is 4.78. The molecule has 9 heteroatoms. The van der Waals surface area contributed by atoms with E-state index < -0.39 is 17.6 Å². The number of carbonyl (C=O) groups is 1. The highest BCUT2D eigenvalue weighted by molar-refractivity contribution is 6.35. The minimum Gasteiger partial charge on any atom is -0.484 e. The van der Waals surface area contributed by atoms with Crippen molar-refractivity contribution in [2.24, 2.45) is 11.8 Å². The highest BCUT2D eigenvalue weighted by atomic mass is 35.5. The van der Waals surface area contributed by atoms with E-state index in [4.69, 9.17) is 32.7 Å². The zero-order valence-corrected chi connectivity index (χ0v) is 22.4. The van der Waals surface area contributed by atoms with E-state index in [0.717, 1.165) is 29.7 Å². The average molecular weight is 566 g/mol. The van der Waals surface area contributed by atoms with E-state index in [1.54, 1.807) is 12.1 Å². The van der Waals surface area contributed by atoms with Crippen LogP contribution in [-0.4, -0.2) is 19.1 Å². The summed E-state index contributed by atoms with van der Waals surface area (Å²) in [6.45, 7) is 4.46. The van der Waals surface area contributed by atoms with Gasteiger partial charge in [0.25, 0.3) is 5.91 Å². The molecule has 1 N–H and O–H groups in total. The first-order valence-electron chi connectivity index (χ1n) is 12.3. The monoisotopic (exact) mass is 565 g/mol. The second kappa shape index (κ2) is 12.0. The summed E-state index contributed by atoms with van der Waals surface area (Å²) in [5.41, 5.74) is 1.16. The normalized spacial score (nSPS) is 19.8. The van der Waals surface area contributed by atoms with E-state index in [0.29, 0.717) is 28.3 Å².